The van der Waals surface area contributed by atoms with Crippen LogP contribution in [-0.2, 0) is 20.1 Å². The van der Waals surface area contributed by atoms with Gasteiger partial charge in [-0.05, 0) is 31.7 Å². The van der Waals surface area contributed by atoms with Crippen LogP contribution in [0.1, 0.15) is 30.8 Å². The van der Waals surface area contributed by atoms with Crippen LogP contribution in [0.3, 0.4) is 0 Å². The Balaban J connectivity index is 1.72. The molecule has 0 saturated heterocycles. The number of aromatic nitrogens is 7. The number of fused-ring (bicyclic) bond motifs is 4. The number of nitrogens with zero attached hydrogens (tertiary/aromatic N) is 8. The molecule has 4 aromatic rings. The Bertz CT molecular complexity index is 1570. The number of aromatic amines is 1. The molecule has 5 heterocycles. The molecule has 1 aliphatic rings. The average molecular weight is 554 g/mol. The van der Waals surface area contributed by atoms with E-state index in [1.54, 1.807) is 43.2 Å². The van der Waals surface area contributed by atoms with Crippen LogP contribution in [0, 0.1) is 11.3 Å². The standard InChI is InChI=1S/C26H29F2N9O3/c1-4-36-13-21-17(25(39-8-7-29)34-37(21)12-15(2)38)5-6-20-18-9-16(10-30-24(18)33-32-20)19-11-31-35(3)26(19)40-22(14-36)23(27)28/h5-6,9-11,15,22-23,38H,4,8,12-14H2,1-3H3,(H,30,32,33)/b6-5+/t15-,22-/m0/s1. The third kappa shape index (κ3) is 5.38. The lowest BCUT2D eigenvalue weighted by Crippen LogP contribution is -2.40. The Morgan fingerprint density at radius 2 is 2.15 bits per heavy atom. The highest BCUT2D eigenvalue weighted by Gasteiger charge is 2.30. The zero-order valence-electron chi connectivity index (χ0n) is 22.3. The minimum Gasteiger partial charge on any atom is -0.467 e. The van der Waals surface area contributed by atoms with Gasteiger partial charge in [0, 0.05) is 37.3 Å². The molecule has 14 heteroatoms. The van der Waals surface area contributed by atoms with E-state index in [9.17, 15) is 13.9 Å². The first-order chi connectivity index (χ1) is 19.3. The van der Waals surface area contributed by atoms with Crippen molar-refractivity contribution in [3.8, 4) is 29.0 Å². The minimum absolute atomic E-state index is 0.101. The molecule has 5 rings (SSSR count). The second-order valence-corrected chi connectivity index (χ2v) is 9.51. The molecule has 0 radical (unpaired) electrons. The van der Waals surface area contributed by atoms with Crippen molar-refractivity contribution < 1.29 is 23.4 Å². The van der Waals surface area contributed by atoms with Crippen LogP contribution in [0.15, 0.2) is 18.5 Å². The highest BCUT2D eigenvalue weighted by Crippen LogP contribution is 2.34. The number of aliphatic hydroxyl groups is 1. The first-order valence-electron chi connectivity index (χ1n) is 12.8. The topological polar surface area (TPSA) is 143 Å². The zero-order valence-corrected chi connectivity index (χ0v) is 22.3. The summed E-state index contributed by atoms with van der Waals surface area (Å²) in [5, 5.41) is 36.0. The molecule has 2 atom stereocenters. The number of alkyl halides is 2. The molecule has 4 aromatic heterocycles. The van der Waals surface area contributed by atoms with E-state index in [2.05, 4.69) is 25.4 Å². The van der Waals surface area contributed by atoms with E-state index >= 15 is 0 Å². The quantitative estimate of drug-likeness (QED) is 0.368. The van der Waals surface area contributed by atoms with E-state index in [0.29, 0.717) is 45.7 Å². The van der Waals surface area contributed by atoms with Crippen LogP contribution in [0.25, 0.3) is 34.3 Å². The molecule has 0 spiro atoms. The molecule has 0 saturated carbocycles. The van der Waals surface area contributed by atoms with Gasteiger partial charge in [-0.2, -0.15) is 15.5 Å². The van der Waals surface area contributed by atoms with E-state index in [1.165, 1.54) is 4.68 Å². The van der Waals surface area contributed by atoms with Crippen molar-refractivity contribution in [2.45, 2.75) is 45.6 Å². The lowest BCUT2D eigenvalue weighted by atomic mass is 10.1. The van der Waals surface area contributed by atoms with Crippen LogP contribution < -0.4 is 9.47 Å². The summed E-state index contributed by atoms with van der Waals surface area (Å²) in [6, 6.07) is 3.78. The molecule has 0 unspecified atom stereocenters. The Labute approximate surface area is 228 Å². The van der Waals surface area contributed by atoms with Crippen molar-refractivity contribution in [1.29, 1.82) is 5.26 Å². The maximum Gasteiger partial charge on any atom is 0.276 e. The number of aliphatic hydroxyl groups excluding tert-OH is 1. The smallest absolute Gasteiger partial charge is 0.276 e. The van der Waals surface area contributed by atoms with Gasteiger partial charge in [-0.3, -0.25) is 14.7 Å². The van der Waals surface area contributed by atoms with Crippen molar-refractivity contribution in [2.75, 3.05) is 19.7 Å². The van der Waals surface area contributed by atoms with Gasteiger partial charge < -0.3 is 14.6 Å². The monoisotopic (exact) mass is 553 g/mol. The normalized spacial score (nSPS) is 17.5. The Hall–Kier alpha value is -4.35. The molecule has 12 nitrogen and oxygen atoms in total. The van der Waals surface area contributed by atoms with Gasteiger partial charge in [0.05, 0.1) is 41.4 Å². The number of hydrogen-bond acceptors (Lipinski definition) is 9. The fourth-order valence-corrected chi connectivity index (χ4v) is 4.64. The van der Waals surface area contributed by atoms with E-state index in [1.807, 2.05) is 24.0 Å². The molecule has 0 amide bonds. The molecule has 2 bridgehead atoms. The number of pyridine rings is 1. The fourth-order valence-electron chi connectivity index (χ4n) is 4.64. The summed E-state index contributed by atoms with van der Waals surface area (Å²) >= 11 is 0. The molecular weight excluding hydrogens is 524 g/mol. The van der Waals surface area contributed by atoms with Crippen molar-refractivity contribution in [3.63, 3.8) is 0 Å². The highest BCUT2D eigenvalue weighted by atomic mass is 19.3. The van der Waals surface area contributed by atoms with Gasteiger partial charge in [0.1, 0.15) is 6.07 Å². The molecular formula is C26H29F2N9O3. The van der Waals surface area contributed by atoms with Crippen molar-refractivity contribution >= 4 is 23.2 Å². The van der Waals surface area contributed by atoms with Crippen LogP contribution in [0.4, 0.5) is 8.78 Å². The summed E-state index contributed by atoms with van der Waals surface area (Å²) in [5.74, 6) is 0.390. The lowest BCUT2D eigenvalue weighted by Gasteiger charge is -2.27. The number of likely N-dealkylation sites (N-methyl/N-ethyl adjacent to an activating group) is 1. The second-order valence-electron chi connectivity index (χ2n) is 9.51. The number of nitrogens with one attached hydrogen (secondary N) is 1. The summed E-state index contributed by atoms with van der Waals surface area (Å²) in [5.41, 5.74) is 3.44. The largest absolute Gasteiger partial charge is 0.467 e. The van der Waals surface area contributed by atoms with Gasteiger partial charge in [0.2, 0.25) is 11.8 Å². The molecule has 1 aliphatic heterocycles. The Kier molecular flexibility index (Phi) is 7.76. The van der Waals surface area contributed by atoms with E-state index < -0.39 is 18.6 Å². The maximum atomic E-state index is 14.4. The predicted octanol–water partition coefficient (Wildman–Crippen LogP) is 2.86. The first-order valence-corrected chi connectivity index (χ1v) is 12.8. The van der Waals surface area contributed by atoms with Crippen molar-refractivity contribution in [2.24, 2.45) is 7.05 Å². The van der Waals surface area contributed by atoms with Crippen LogP contribution in [-0.4, -0.2) is 83.1 Å². The van der Waals surface area contributed by atoms with E-state index in [-0.39, 0.29) is 38.0 Å². The molecule has 40 heavy (non-hydrogen) atoms. The minimum atomic E-state index is -2.79. The molecule has 0 fully saturated rings. The Morgan fingerprint density at radius 1 is 1.32 bits per heavy atom. The number of halogens is 2. The van der Waals surface area contributed by atoms with Gasteiger partial charge in [-0.15, -0.1) is 5.10 Å². The van der Waals surface area contributed by atoms with Gasteiger partial charge >= 0.3 is 0 Å². The molecule has 2 N–H and O–H groups in total. The van der Waals surface area contributed by atoms with Crippen LogP contribution in [0.2, 0.25) is 0 Å². The average Bonchev–Trinajstić information content (AvgIpc) is 3.59. The fraction of sp³-hybridized carbons (Fsp3) is 0.423. The van der Waals surface area contributed by atoms with Gasteiger partial charge in [0.15, 0.2) is 18.4 Å². The second kappa shape index (κ2) is 11.4. The maximum absolute atomic E-state index is 14.4. The number of rotatable bonds is 6. The molecule has 0 aliphatic carbocycles. The highest BCUT2D eigenvalue weighted by molar-refractivity contribution is 5.90. The summed E-state index contributed by atoms with van der Waals surface area (Å²) in [7, 11) is 1.63. The van der Waals surface area contributed by atoms with Gasteiger partial charge in [-0.1, -0.05) is 6.92 Å². The first kappa shape index (κ1) is 27.2. The predicted molar refractivity (Wildman–Crippen MR) is 141 cm³/mol. The number of hydrogen-bond donors (Lipinski definition) is 2. The van der Waals surface area contributed by atoms with Crippen molar-refractivity contribution in [1.82, 2.24) is 39.6 Å². The van der Waals surface area contributed by atoms with Crippen molar-refractivity contribution in [3.05, 3.63) is 35.4 Å². The number of H-pyrrole nitrogens is 1. The summed E-state index contributed by atoms with van der Waals surface area (Å²) in [4.78, 5) is 6.25. The zero-order chi connectivity index (χ0) is 28.4. The molecule has 0 aromatic carbocycles. The SMILES string of the molecule is CCN1Cc2c(c(OCC#N)nn2C[C@H](C)O)/C=C/c2[nH]nc3ncc(cc23)-c2cnn(C)c2O[C@H](C(F)F)C1. The summed E-state index contributed by atoms with van der Waals surface area (Å²) < 4.78 is 43.4. The number of nitriles is 1. The summed E-state index contributed by atoms with van der Waals surface area (Å²) in [6.45, 7) is 3.91. The number of ether oxygens (including phenoxy) is 2. The Morgan fingerprint density at radius 3 is 2.88 bits per heavy atom. The van der Waals surface area contributed by atoms with Gasteiger partial charge in [0.25, 0.3) is 6.43 Å². The lowest BCUT2D eigenvalue weighted by molar-refractivity contribution is -0.0128. The summed E-state index contributed by atoms with van der Waals surface area (Å²) in [6.07, 6.45) is 1.73. The van der Waals surface area contributed by atoms with Crippen LogP contribution >= 0.6 is 0 Å². The van der Waals surface area contributed by atoms with E-state index in [4.69, 9.17) is 14.7 Å². The van der Waals surface area contributed by atoms with Crippen LogP contribution in [0.5, 0.6) is 11.8 Å². The van der Waals surface area contributed by atoms with E-state index in [0.717, 1.165) is 0 Å². The third-order valence-corrected chi connectivity index (χ3v) is 6.63. The number of aryl methyl sites for hydroxylation is 1. The third-order valence-electron chi connectivity index (χ3n) is 6.63. The molecule has 210 valence electrons. The van der Waals surface area contributed by atoms with Gasteiger partial charge in [-0.25, -0.2) is 18.4 Å².